The number of hydrogen-bond acceptors (Lipinski definition) is 3. The van der Waals surface area contributed by atoms with Gasteiger partial charge in [-0.25, -0.2) is 4.39 Å². The van der Waals surface area contributed by atoms with Crippen LogP contribution in [0.4, 0.5) is 4.39 Å². The fraction of sp³-hybridized carbons (Fsp3) is 0.500. The number of Topliss-reactive ketones (excluding diaryl/α,β-unsaturated/α-hetero) is 1. The highest BCUT2D eigenvalue weighted by molar-refractivity contribution is 5.97. The van der Waals surface area contributed by atoms with E-state index in [2.05, 4.69) is 4.90 Å². The molecule has 3 nitrogen and oxygen atoms in total. The minimum atomic E-state index is -0.310. The maximum Gasteiger partial charge on any atom is 0.176 e. The molecule has 0 radical (unpaired) electrons. The molecule has 0 atom stereocenters. The second-order valence-corrected chi connectivity index (χ2v) is 4.89. The van der Waals surface area contributed by atoms with Crippen molar-refractivity contribution in [2.75, 3.05) is 26.2 Å². The zero-order valence-electron chi connectivity index (χ0n) is 10.4. The Morgan fingerprint density at radius 2 is 1.89 bits per heavy atom. The molecule has 4 heteroatoms. The van der Waals surface area contributed by atoms with Gasteiger partial charge in [0, 0.05) is 5.56 Å². The van der Waals surface area contributed by atoms with Crippen LogP contribution in [0.1, 0.15) is 23.2 Å². The van der Waals surface area contributed by atoms with Crippen LogP contribution < -0.4 is 5.73 Å². The molecule has 0 aromatic heterocycles. The van der Waals surface area contributed by atoms with Crippen molar-refractivity contribution < 1.29 is 9.18 Å². The summed E-state index contributed by atoms with van der Waals surface area (Å²) in [5.74, 6) is 0.346. The van der Waals surface area contributed by atoms with Gasteiger partial charge >= 0.3 is 0 Å². The second-order valence-electron chi connectivity index (χ2n) is 4.89. The molecule has 1 aromatic carbocycles. The van der Waals surface area contributed by atoms with Crippen molar-refractivity contribution >= 4 is 5.78 Å². The number of carbonyl (C=O) groups excluding carboxylic acids is 1. The average Bonchev–Trinajstić information content (AvgIpc) is 2.40. The maximum atomic E-state index is 12.8. The highest BCUT2D eigenvalue weighted by atomic mass is 19.1. The van der Waals surface area contributed by atoms with E-state index in [1.165, 1.54) is 12.1 Å². The number of nitrogens with zero attached hydrogens (tertiary/aromatic N) is 1. The minimum Gasteiger partial charge on any atom is -0.330 e. The number of likely N-dealkylation sites (tertiary alicyclic amines) is 1. The van der Waals surface area contributed by atoms with Crippen molar-refractivity contribution in [1.82, 2.24) is 4.90 Å². The summed E-state index contributed by atoms with van der Waals surface area (Å²) >= 11 is 0. The molecule has 98 valence electrons. The third-order valence-electron chi connectivity index (χ3n) is 3.57. The van der Waals surface area contributed by atoms with Gasteiger partial charge in [-0.1, -0.05) is 0 Å². The molecule has 1 aliphatic heterocycles. The highest BCUT2D eigenvalue weighted by Gasteiger charge is 2.20. The number of piperidine rings is 1. The molecule has 1 heterocycles. The normalized spacial score (nSPS) is 17.9. The van der Waals surface area contributed by atoms with Crippen molar-refractivity contribution in [3.8, 4) is 0 Å². The van der Waals surface area contributed by atoms with Crippen molar-refractivity contribution in [2.24, 2.45) is 11.7 Å². The summed E-state index contributed by atoms with van der Waals surface area (Å²) in [5, 5.41) is 0. The summed E-state index contributed by atoms with van der Waals surface area (Å²) in [4.78, 5) is 14.1. The quantitative estimate of drug-likeness (QED) is 0.827. The summed E-state index contributed by atoms with van der Waals surface area (Å²) in [6, 6.07) is 5.75. The molecule has 1 saturated heterocycles. The molecule has 0 spiro atoms. The van der Waals surface area contributed by atoms with Crippen molar-refractivity contribution in [2.45, 2.75) is 12.8 Å². The molecule has 0 unspecified atom stereocenters. The van der Waals surface area contributed by atoms with E-state index < -0.39 is 0 Å². The lowest BCUT2D eigenvalue weighted by Crippen LogP contribution is -2.39. The zero-order valence-corrected chi connectivity index (χ0v) is 10.4. The first-order valence-electron chi connectivity index (χ1n) is 6.40. The number of hydrogen-bond donors (Lipinski definition) is 1. The third kappa shape index (κ3) is 3.37. The van der Waals surface area contributed by atoms with Crippen LogP contribution in [-0.2, 0) is 0 Å². The van der Waals surface area contributed by atoms with E-state index in [1.807, 2.05) is 0 Å². The lowest BCUT2D eigenvalue weighted by Gasteiger charge is -2.30. The molecule has 0 bridgehead atoms. The molecule has 1 aromatic rings. The van der Waals surface area contributed by atoms with Gasteiger partial charge in [0.15, 0.2) is 5.78 Å². The Hall–Kier alpha value is -1.26. The summed E-state index contributed by atoms with van der Waals surface area (Å²) < 4.78 is 12.8. The van der Waals surface area contributed by atoms with E-state index in [4.69, 9.17) is 5.73 Å². The molecule has 0 saturated carbocycles. The fourth-order valence-electron chi connectivity index (χ4n) is 2.31. The molecular formula is C14H19FN2O. The van der Waals surface area contributed by atoms with Crippen molar-refractivity contribution in [3.05, 3.63) is 35.6 Å². The van der Waals surface area contributed by atoms with Gasteiger partial charge in [-0.05, 0) is 62.7 Å². The molecule has 1 aliphatic rings. The van der Waals surface area contributed by atoms with Crippen LogP contribution in [0.15, 0.2) is 24.3 Å². The maximum absolute atomic E-state index is 12.8. The van der Waals surface area contributed by atoms with Crippen LogP contribution >= 0.6 is 0 Å². The first-order valence-corrected chi connectivity index (χ1v) is 6.40. The van der Waals surface area contributed by atoms with E-state index in [0.29, 0.717) is 18.0 Å². The standard InChI is InChI=1S/C14H19FN2O/c15-13-3-1-12(2-4-13)14(18)10-17-7-5-11(9-16)6-8-17/h1-4,11H,5-10,16H2. The van der Waals surface area contributed by atoms with Crippen LogP contribution in [-0.4, -0.2) is 36.9 Å². The molecule has 18 heavy (non-hydrogen) atoms. The average molecular weight is 250 g/mol. The van der Waals surface area contributed by atoms with Gasteiger partial charge in [-0.15, -0.1) is 0 Å². The van der Waals surface area contributed by atoms with Gasteiger partial charge in [0.1, 0.15) is 5.82 Å². The predicted octanol–water partition coefficient (Wildman–Crippen LogP) is 1.68. The smallest absolute Gasteiger partial charge is 0.176 e. The first-order chi connectivity index (χ1) is 8.69. The minimum absolute atomic E-state index is 0.0567. The van der Waals surface area contributed by atoms with E-state index >= 15 is 0 Å². The molecule has 0 amide bonds. The molecule has 2 N–H and O–H groups in total. The van der Waals surface area contributed by atoms with Gasteiger partial charge < -0.3 is 5.73 Å². The topological polar surface area (TPSA) is 46.3 Å². The van der Waals surface area contributed by atoms with Crippen LogP contribution in [0, 0.1) is 11.7 Å². The number of carbonyl (C=O) groups is 1. The SMILES string of the molecule is NCC1CCN(CC(=O)c2ccc(F)cc2)CC1. The van der Waals surface area contributed by atoms with Gasteiger partial charge in [-0.3, -0.25) is 9.69 Å². The first kappa shape index (κ1) is 13.2. The highest BCUT2D eigenvalue weighted by Crippen LogP contribution is 2.16. The molecule has 1 fully saturated rings. The Morgan fingerprint density at radius 3 is 2.44 bits per heavy atom. The van der Waals surface area contributed by atoms with Crippen LogP contribution in [0.25, 0.3) is 0 Å². The lowest BCUT2D eigenvalue weighted by molar-refractivity contribution is 0.0897. The lowest BCUT2D eigenvalue weighted by atomic mass is 9.97. The zero-order chi connectivity index (χ0) is 13.0. The van der Waals surface area contributed by atoms with Gasteiger partial charge in [-0.2, -0.15) is 0 Å². The van der Waals surface area contributed by atoms with Crippen molar-refractivity contribution in [1.29, 1.82) is 0 Å². The Balaban J connectivity index is 1.86. The summed E-state index contributed by atoms with van der Waals surface area (Å²) in [5.41, 5.74) is 6.22. The number of halogens is 1. The van der Waals surface area contributed by atoms with E-state index in [0.717, 1.165) is 32.5 Å². The third-order valence-corrected chi connectivity index (χ3v) is 3.57. The number of ketones is 1. The summed E-state index contributed by atoms with van der Waals surface area (Å²) in [6.07, 6.45) is 2.13. The summed E-state index contributed by atoms with van der Waals surface area (Å²) in [6.45, 7) is 3.01. The van der Waals surface area contributed by atoms with Gasteiger partial charge in [0.05, 0.1) is 6.54 Å². The Labute approximate surface area is 107 Å². The Bertz CT molecular complexity index is 397. The largest absolute Gasteiger partial charge is 0.330 e. The predicted molar refractivity (Wildman–Crippen MR) is 68.9 cm³/mol. The monoisotopic (exact) mass is 250 g/mol. The second kappa shape index (κ2) is 6.07. The number of benzene rings is 1. The van der Waals surface area contributed by atoms with Gasteiger partial charge in [0.2, 0.25) is 0 Å². The Kier molecular flexibility index (Phi) is 4.44. The van der Waals surface area contributed by atoms with E-state index in [-0.39, 0.29) is 11.6 Å². The summed E-state index contributed by atoms with van der Waals surface area (Å²) in [7, 11) is 0. The van der Waals surface area contributed by atoms with Crippen LogP contribution in [0.3, 0.4) is 0 Å². The van der Waals surface area contributed by atoms with Gasteiger partial charge in [0.25, 0.3) is 0 Å². The van der Waals surface area contributed by atoms with E-state index in [9.17, 15) is 9.18 Å². The van der Waals surface area contributed by atoms with E-state index in [1.54, 1.807) is 12.1 Å². The molecular weight excluding hydrogens is 231 g/mol. The number of nitrogens with two attached hydrogens (primary N) is 1. The fourth-order valence-corrected chi connectivity index (χ4v) is 2.31. The number of rotatable bonds is 4. The van der Waals surface area contributed by atoms with Crippen LogP contribution in [0.5, 0.6) is 0 Å². The molecule has 0 aliphatic carbocycles. The van der Waals surface area contributed by atoms with Crippen molar-refractivity contribution in [3.63, 3.8) is 0 Å². The molecule has 2 rings (SSSR count). The van der Waals surface area contributed by atoms with Crippen LogP contribution in [0.2, 0.25) is 0 Å². The Morgan fingerprint density at radius 1 is 1.28 bits per heavy atom.